The van der Waals surface area contributed by atoms with E-state index in [9.17, 15) is 14.4 Å². The van der Waals surface area contributed by atoms with E-state index in [0.29, 0.717) is 39.0 Å². The molecule has 1 atom stereocenters. The van der Waals surface area contributed by atoms with Gasteiger partial charge in [0.15, 0.2) is 0 Å². The van der Waals surface area contributed by atoms with E-state index in [1.807, 2.05) is 54.6 Å². The van der Waals surface area contributed by atoms with Crippen molar-refractivity contribution in [3.8, 4) is 0 Å². The Hall–Kier alpha value is -2.62. The number of imide groups is 1. The maximum absolute atomic E-state index is 13.3. The molecule has 2 aliphatic heterocycles. The van der Waals surface area contributed by atoms with Crippen LogP contribution in [0.3, 0.4) is 0 Å². The number of alkyl carbamates (subject to hydrolysis) is 1. The van der Waals surface area contributed by atoms with Crippen molar-refractivity contribution >= 4 is 46.4 Å². The molecule has 2 fully saturated rings. The van der Waals surface area contributed by atoms with Gasteiger partial charge in [0.25, 0.3) is 5.91 Å². The number of nitrogens with zero attached hydrogens (tertiary/aromatic N) is 2. The Labute approximate surface area is 226 Å². The van der Waals surface area contributed by atoms with Crippen LogP contribution in [0.25, 0.3) is 0 Å². The van der Waals surface area contributed by atoms with E-state index in [1.165, 1.54) is 4.90 Å². The molecule has 2 aromatic carbocycles. The zero-order valence-corrected chi connectivity index (χ0v) is 22.6. The maximum Gasteiger partial charge on any atom is 0.407 e. The highest BCUT2D eigenvalue weighted by Crippen LogP contribution is 2.31. The molecule has 4 amide bonds. The second-order valence-corrected chi connectivity index (χ2v) is 9.90. The molecule has 2 aromatic rings. The molecule has 36 heavy (non-hydrogen) atoms. The van der Waals surface area contributed by atoms with Gasteiger partial charge in [-0.3, -0.25) is 9.69 Å². The van der Waals surface area contributed by atoms with E-state index in [0.717, 1.165) is 22.1 Å². The van der Waals surface area contributed by atoms with Crippen LogP contribution in [-0.4, -0.2) is 59.6 Å². The summed E-state index contributed by atoms with van der Waals surface area (Å²) in [5, 5.41) is 5.94. The second kappa shape index (κ2) is 12.6. The minimum Gasteiger partial charge on any atom is -0.450 e. The minimum absolute atomic E-state index is 0. The highest BCUT2D eigenvalue weighted by Gasteiger charge is 2.52. The number of carbonyl (C=O) groups excluding carboxylic acids is 3. The number of hydrogen-bond acceptors (Lipinski definition) is 5. The Balaban J connectivity index is 0.00000361. The van der Waals surface area contributed by atoms with Gasteiger partial charge < -0.3 is 20.3 Å². The summed E-state index contributed by atoms with van der Waals surface area (Å²) in [6.45, 7) is 4.51. The zero-order chi connectivity index (χ0) is 24.8. The van der Waals surface area contributed by atoms with Crippen LogP contribution in [0.5, 0.6) is 0 Å². The largest absolute Gasteiger partial charge is 0.450 e. The van der Waals surface area contributed by atoms with Gasteiger partial charge in [0.1, 0.15) is 5.54 Å². The van der Waals surface area contributed by atoms with E-state index >= 15 is 0 Å². The normalized spacial score (nSPS) is 17.9. The first-order valence-electron chi connectivity index (χ1n) is 12.0. The van der Waals surface area contributed by atoms with E-state index < -0.39 is 11.6 Å². The first-order chi connectivity index (χ1) is 16.9. The number of ether oxygens (including phenoxy) is 1. The van der Waals surface area contributed by atoms with Gasteiger partial charge in [0.05, 0.1) is 19.2 Å². The molecule has 2 aliphatic rings. The number of piperidine rings is 1. The number of rotatable bonds is 8. The van der Waals surface area contributed by atoms with E-state index in [4.69, 9.17) is 4.74 Å². The number of likely N-dealkylation sites (tertiary alicyclic amines) is 1. The van der Waals surface area contributed by atoms with Crippen LogP contribution in [0.2, 0.25) is 0 Å². The molecule has 8 nitrogen and oxygen atoms in total. The van der Waals surface area contributed by atoms with Gasteiger partial charge in [-0.15, -0.1) is 12.4 Å². The van der Waals surface area contributed by atoms with Crippen molar-refractivity contribution in [2.24, 2.45) is 0 Å². The fourth-order valence-corrected chi connectivity index (χ4v) is 4.99. The van der Waals surface area contributed by atoms with Crippen LogP contribution in [0, 0.1) is 0 Å². The van der Waals surface area contributed by atoms with Crippen LogP contribution in [0.1, 0.15) is 43.4 Å². The van der Waals surface area contributed by atoms with Gasteiger partial charge in [0, 0.05) is 24.1 Å². The summed E-state index contributed by atoms with van der Waals surface area (Å²) in [6.07, 6.45) is 1.42. The lowest BCUT2D eigenvalue weighted by Crippen LogP contribution is -2.55. The molecule has 0 saturated carbocycles. The summed E-state index contributed by atoms with van der Waals surface area (Å²) in [6, 6.07) is 17.0. The number of carbonyl (C=O) groups is 3. The smallest absolute Gasteiger partial charge is 0.407 e. The van der Waals surface area contributed by atoms with Crippen molar-refractivity contribution in [3.63, 3.8) is 0 Å². The topological polar surface area (TPSA) is 91.0 Å². The number of hydrogen-bond donors (Lipinski definition) is 2. The van der Waals surface area contributed by atoms with Crippen molar-refractivity contribution in [1.29, 1.82) is 0 Å². The Bertz CT molecular complexity index is 1050. The number of amides is 4. The Morgan fingerprint density at radius 2 is 1.78 bits per heavy atom. The summed E-state index contributed by atoms with van der Waals surface area (Å²) in [5.41, 5.74) is 1.11. The summed E-state index contributed by atoms with van der Waals surface area (Å²) < 4.78 is 6.03. The van der Waals surface area contributed by atoms with Gasteiger partial charge in [-0.25, -0.2) is 9.59 Å². The molecule has 1 spiro atoms. The lowest BCUT2D eigenvalue weighted by molar-refractivity contribution is -0.133. The molecule has 0 bridgehead atoms. The molecule has 4 rings (SSSR count). The van der Waals surface area contributed by atoms with Crippen molar-refractivity contribution in [2.75, 3.05) is 26.2 Å². The summed E-state index contributed by atoms with van der Waals surface area (Å²) >= 11 is 3.41. The molecular formula is C26H32BrClN4O4. The average Bonchev–Trinajstić information content (AvgIpc) is 3.08. The van der Waals surface area contributed by atoms with Crippen LogP contribution in [0.15, 0.2) is 59.1 Å². The lowest BCUT2D eigenvalue weighted by atomic mass is 9.87. The molecule has 10 heteroatoms. The monoisotopic (exact) mass is 578 g/mol. The number of benzene rings is 2. The van der Waals surface area contributed by atoms with Crippen LogP contribution >= 0.6 is 28.3 Å². The molecule has 2 saturated heterocycles. The highest BCUT2D eigenvalue weighted by atomic mass is 79.9. The van der Waals surface area contributed by atoms with Crippen LogP contribution < -0.4 is 10.6 Å². The average molecular weight is 580 g/mol. The lowest BCUT2D eigenvalue weighted by Gasteiger charge is -2.37. The summed E-state index contributed by atoms with van der Waals surface area (Å²) in [7, 11) is 0. The first-order valence-corrected chi connectivity index (χ1v) is 12.8. The van der Waals surface area contributed by atoms with Crippen molar-refractivity contribution in [3.05, 3.63) is 70.2 Å². The Morgan fingerprint density at radius 1 is 1.11 bits per heavy atom. The second-order valence-electron chi connectivity index (χ2n) is 8.99. The maximum atomic E-state index is 13.3. The number of halogens is 2. The van der Waals surface area contributed by atoms with Gasteiger partial charge in [-0.2, -0.15) is 0 Å². The fourth-order valence-electron chi connectivity index (χ4n) is 4.72. The fraction of sp³-hybridized carbons (Fsp3) is 0.423. The molecule has 0 radical (unpaired) electrons. The predicted octanol–water partition coefficient (Wildman–Crippen LogP) is 4.63. The third kappa shape index (κ3) is 6.57. The quantitative estimate of drug-likeness (QED) is 0.445. The Kier molecular flexibility index (Phi) is 9.76. The van der Waals surface area contributed by atoms with Crippen molar-refractivity contribution in [1.82, 2.24) is 20.4 Å². The van der Waals surface area contributed by atoms with E-state index in [-0.39, 0.29) is 36.9 Å². The van der Waals surface area contributed by atoms with E-state index in [1.54, 1.807) is 6.92 Å². The van der Waals surface area contributed by atoms with Gasteiger partial charge in [0.2, 0.25) is 0 Å². The van der Waals surface area contributed by atoms with Gasteiger partial charge in [-0.05, 0) is 49.4 Å². The molecule has 2 N–H and O–H groups in total. The third-order valence-corrected chi connectivity index (χ3v) is 7.24. The van der Waals surface area contributed by atoms with Crippen LogP contribution in [-0.2, 0) is 16.1 Å². The molecule has 2 heterocycles. The van der Waals surface area contributed by atoms with Gasteiger partial charge >= 0.3 is 12.1 Å². The number of urea groups is 1. The highest BCUT2D eigenvalue weighted by molar-refractivity contribution is 9.10. The van der Waals surface area contributed by atoms with Crippen molar-refractivity contribution < 1.29 is 19.1 Å². The summed E-state index contributed by atoms with van der Waals surface area (Å²) in [5.74, 6) is -0.142. The molecule has 0 aliphatic carbocycles. The van der Waals surface area contributed by atoms with Gasteiger partial charge in [-0.1, -0.05) is 58.4 Å². The molecule has 0 unspecified atom stereocenters. The molecule has 0 aromatic heterocycles. The minimum atomic E-state index is -0.828. The van der Waals surface area contributed by atoms with Crippen LogP contribution in [0.4, 0.5) is 9.59 Å². The predicted molar refractivity (Wildman–Crippen MR) is 143 cm³/mol. The SMILES string of the molecule is CCOC(=O)N[C@@H](CCN1CCC2(CC1)NC(=O)N(Cc1ccc(Br)cc1)C2=O)c1ccccc1.Cl. The van der Waals surface area contributed by atoms with Crippen molar-refractivity contribution in [2.45, 2.75) is 44.3 Å². The standard InChI is InChI=1S/C26H31BrN4O4.ClH/c1-2-35-25(34)28-22(20-6-4-3-5-7-20)12-15-30-16-13-26(14-17-30)23(32)31(24(33)29-26)18-19-8-10-21(27)11-9-19;/h3-11,22H,2,12-18H2,1H3,(H,28,34)(H,29,33);1H/t22-;/m0./s1. The third-order valence-electron chi connectivity index (χ3n) is 6.71. The molecular weight excluding hydrogens is 548 g/mol. The first kappa shape index (κ1) is 28.0. The van der Waals surface area contributed by atoms with E-state index in [2.05, 4.69) is 31.5 Å². The Morgan fingerprint density at radius 3 is 2.42 bits per heavy atom. The zero-order valence-electron chi connectivity index (χ0n) is 20.2. The molecule has 194 valence electrons. The summed E-state index contributed by atoms with van der Waals surface area (Å²) in [4.78, 5) is 41.6. The number of nitrogens with one attached hydrogen (secondary N) is 2.